The Morgan fingerprint density at radius 3 is 2.88 bits per heavy atom. The van der Waals surface area contributed by atoms with Gasteiger partial charge in [-0.1, -0.05) is 18.2 Å². The third kappa shape index (κ3) is 2.27. The van der Waals surface area contributed by atoms with E-state index in [0.29, 0.717) is 12.6 Å². The Labute approximate surface area is 95.7 Å². The number of anilines is 1. The van der Waals surface area contributed by atoms with Gasteiger partial charge in [0.2, 0.25) is 0 Å². The van der Waals surface area contributed by atoms with Gasteiger partial charge in [-0.25, -0.2) is 4.99 Å². The molecule has 0 aliphatic carbocycles. The van der Waals surface area contributed by atoms with E-state index in [-0.39, 0.29) is 6.04 Å². The van der Waals surface area contributed by atoms with Crippen LogP contribution in [0.2, 0.25) is 0 Å². The van der Waals surface area contributed by atoms with Crippen LogP contribution in [0.5, 0.6) is 0 Å². The maximum atomic E-state index is 5.48. The molecule has 1 aromatic carbocycles. The first-order valence-corrected chi connectivity index (χ1v) is 5.39. The van der Waals surface area contributed by atoms with Crippen molar-refractivity contribution in [1.82, 2.24) is 0 Å². The van der Waals surface area contributed by atoms with E-state index in [2.05, 4.69) is 36.0 Å². The van der Waals surface area contributed by atoms with Gasteiger partial charge in [-0.3, -0.25) is 0 Å². The highest BCUT2D eigenvalue weighted by molar-refractivity contribution is 5.73. The number of hydrogen-bond acceptors (Lipinski definition) is 4. The molecule has 1 aliphatic rings. The van der Waals surface area contributed by atoms with Gasteiger partial charge >= 0.3 is 0 Å². The molecule has 0 spiro atoms. The fourth-order valence-electron chi connectivity index (χ4n) is 1.94. The fourth-order valence-corrected chi connectivity index (χ4v) is 1.94. The Balaban J connectivity index is 2.03. The van der Waals surface area contributed by atoms with E-state index < -0.39 is 0 Å². The van der Waals surface area contributed by atoms with Crippen molar-refractivity contribution in [3.05, 3.63) is 29.8 Å². The molecule has 1 aliphatic heterocycles. The van der Waals surface area contributed by atoms with Gasteiger partial charge in [0.25, 0.3) is 6.02 Å². The number of aryl methyl sites for hydroxylation is 1. The van der Waals surface area contributed by atoms with E-state index in [1.165, 1.54) is 11.3 Å². The molecule has 4 nitrogen and oxygen atoms in total. The van der Waals surface area contributed by atoms with Crippen LogP contribution in [0.4, 0.5) is 5.69 Å². The van der Waals surface area contributed by atoms with Crippen molar-refractivity contribution in [2.45, 2.75) is 13.0 Å². The standard InChI is InChI=1S/C12H17N3O/c1-9-5-3-4-6-11(9)15(2)7-10-8-16-12(13)14-10/h3-6,10H,7-8H2,1-2H3,(H2,13,14). The van der Waals surface area contributed by atoms with Crippen LogP contribution in [-0.2, 0) is 4.74 Å². The van der Waals surface area contributed by atoms with Crippen LogP contribution in [0.25, 0.3) is 0 Å². The van der Waals surface area contributed by atoms with Crippen LogP contribution in [0.1, 0.15) is 5.56 Å². The van der Waals surface area contributed by atoms with Crippen LogP contribution in [-0.4, -0.2) is 32.3 Å². The van der Waals surface area contributed by atoms with Gasteiger partial charge in [-0.2, -0.15) is 0 Å². The minimum absolute atomic E-state index is 0.143. The van der Waals surface area contributed by atoms with Crippen LogP contribution < -0.4 is 10.6 Å². The van der Waals surface area contributed by atoms with Gasteiger partial charge in [-0.15, -0.1) is 0 Å². The first kappa shape index (κ1) is 10.8. The number of hydrogen-bond donors (Lipinski definition) is 1. The SMILES string of the molecule is Cc1ccccc1N(C)CC1COC(N)=N1. The summed E-state index contributed by atoms with van der Waals surface area (Å²) < 4.78 is 5.13. The van der Waals surface area contributed by atoms with E-state index >= 15 is 0 Å². The molecule has 0 amide bonds. The highest BCUT2D eigenvalue weighted by Gasteiger charge is 2.18. The molecule has 2 N–H and O–H groups in total. The second-order valence-corrected chi connectivity index (χ2v) is 4.10. The predicted octanol–water partition coefficient (Wildman–Crippen LogP) is 1.14. The molecule has 0 saturated heterocycles. The molecule has 16 heavy (non-hydrogen) atoms. The number of ether oxygens (including phenoxy) is 1. The Kier molecular flexibility index (Phi) is 2.99. The van der Waals surface area contributed by atoms with Gasteiger partial charge in [0.05, 0.1) is 0 Å². The van der Waals surface area contributed by atoms with E-state index in [0.717, 1.165) is 6.54 Å². The van der Waals surface area contributed by atoms with Crippen molar-refractivity contribution in [2.24, 2.45) is 10.7 Å². The van der Waals surface area contributed by atoms with Crippen molar-refractivity contribution in [1.29, 1.82) is 0 Å². The summed E-state index contributed by atoms with van der Waals surface area (Å²) in [6.07, 6.45) is 0. The lowest BCUT2D eigenvalue weighted by Gasteiger charge is -2.22. The Morgan fingerprint density at radius 1 is 1.50 bits per heavy atom. The van der Waals surface area contributed by atoms with Gasteiger partial charge < -0.3 is 15.4 Å². The second kappa shape index (κ2) is 4.43. The predicted molar refractivity (Wildman–Crippen MR) is 65.8 cm³/mol. The molecule has 1 aromatic rings. The highest BCUT2D eigenvalue weighted by atomic mass is 16.5. The smallest absolute Gasteiger partial charge is 0.282 e. The number of likely N-dealkylation sites (N-methyl/N-ethyl adjacent to an activating group) is 1. The Bertz CT molecular complexity index is 403. The molecule has 0 saturated carbocycles. The molecule has 1 atom stereocenters. The Morgan fingerprint density at radius 2 is 2.25 bits per heavy atom. The zero-order valence-electron chi connectivity index (χ0n) is 9.68. The lowest BCUT2D eigenvalue weighted by atomic mass is 10.2. The van der Waals surface area contributed by atoms with Gasteiger partial charge in [0.1, 0.15) is 12.6 Å². The first-order valence-electron chi connectivity index (χ1n) is 5.39. The minimum Gasteiger partial charge on any atom is -0.463 e. The van der Waals surface area contributed by atoms with E-state index in [4.69, 9.17) is 10.5 Å². The minimum atomic E-state index is 0.143. The normalized spacial score (nSPS) is 19.1. The summed E-state index contributed by atoms with van der Waals surface area (Å²) in [6, 6.07) is 8.75. The number of rotatable bonds is 3. The number of para-hydroxylation sites is 1. The van der Waals surface area contributed by atoms with Crippen LogP contribution in [0, 0.1) is 6.92 Å². The molecule has 0 bridgehead atoms. The average molecular weight is 219 g/mol. The molecule has 1 unspecified atom stereocenters. The molecular formula is C12H17N3O. The van der Waals surface area contributed by atoms with Crippen LogP contribution >= 0.6 is 0 Å². The first-order chi connectivity index (χ1) is 7.66. The molecule has 86 valence electrons. The fraction of sp³-hybridized carbons (Fsp3) is 0.417. The molecule has 0 radical (unpaired) electrons. The molecule has 0 fully saturated rings. The third-order valence-electron chi connectivity index (χ3n) is 2.74. The zero-order chi connectivity index (χ0) is 11.5. The van der Waals surface area contributed by atoms with Gasteiger partial charge in [0.15, 0.2) is 0 Å². The van der Waals surface area contributed by atoms with Crippen molar-refractivity contribution in [3.8, 4) is 0 Å². The average Bonchev–Trinajstić information content (AvgIpc) is 2.64. The topological polar surface area (TPSA) is 50.9 Å². The van der Waals surface area contributed by atoms with Crippen molar-refractivity contribution in [3.63, 3.8) is 0 Å². The maximum Gasteiger partial charge on any atom is 0.282 e. The van der Waals surface area contributed by atoms with Crippen molar-refractivity contribution >= 4 is 11.7 Å². The van der Waals surface area contributed by atoms with Crippen molar-refractivity contribution in [2.75, 3.05) is 25.1 Å². The second-order valence-electron chi connectivity index (χ2n) is 4.10. The molecule has 4 heteroatoms. The highest BCUT2D eigenvalue weighted by Crippen LogP contribution is 2.18. The molecule has 0 aromatic heterocycles. The number of nitrogens with two attached hydrogens (primary N) is 1. The monoisotopic (exact) mass is 219 g/mol. The molecule has 1 heterocycles. The zero-order valence-corrected chi connectivity index (χ0v) is 9.68. The number of nitrogens with zero attached hydrogens (tertiary/aromatic N) is 2. The summed E-state index contributed by atoms with van der Waals surface area (Å²) in [7, 11) is 2.06. The number of aliphatic imine (C=N–C) groups is 1. The maximum absolute atomic E-state index is 5.48. The van der Waals surface area contributed by atoms with Crippen LogP contribution in [0.15, 0.2) is 29.3 Å². The summed E-state index contributed by atoms with van der Waals surface area (Å²) in [5.74, 6) is 0. The number of benzene rings is 1. The van der Waals surface area contributed by atoms with Crippen LogP contribution in [0.3, 0.4) is 0 Å². The molecular weight excluding hydrogens is 202 g/mol. The number of amidine groups is 1. The van der Waals surface area contributed by atoms with E-state index in [1.807, 2.05) is 12.1 Å². The van der Waals surface area contributed by atoms with E-state index in [9.17, 15) is 0 Å². The van der Waals surface area contributed by atoms with Gasteiger partial charge in [-0.05, 0) is 18.6 Å². The molecule has 2 rings (SSSR count). The van der Waals surface area contributed by atoms with E-state index in [1.54, 1.807) is 0 Å². The summed E-state index contributed by atoms with van der Waals surface area (Å²) in [6.45, 7) is 3.52. The summed E-state index contributed by atoms with van der Waals surface area (Å²) in [5.41, 5.74) is 7.97. The summed E-state index contributed by atoms with van der Waals surface area (Å²) in [4.78, 5) is 6.40. The lowest BCUT2D eigenvalue weighted by molar-refractivity contribution is 0.314. The summed E-state index contributed by atoms with van der Waals surface area (Å²) in [5, 5.41) is 0. The largest absolute Gasteiger partial charge is 0.463 e. The van der Waals surface area contributed by atoms with Gasteiger partial charge in [0, 0.05) is 19.3 Å². The lowest BCUT2D eigenvalue weighted by Crippen LogP contribution is -2.29. The Hall–Kier alpha value is -1.71. The summed E-state index contributed by atoms with van der Waals surface area (Å²) >= 11 is 0. The quantitative estimate of drug-likeness (QED) is 0.829. The van der Waals surface area contributed by atoms with Crippen molar-refractivity contribution < 1.29 is 4.74 Å². The third-order valence-corrected chi connectivity index (χ3v) is 2.74.